The predicted octanol–water partition coefficient (Wildman–Crippen LogP) is 3.58. The quantitative estimate of drug-likeness (QED) is 0.782. The van der Waals surface area contributed by atoms with Crippen LogP contribution in [0.15, 0.2) is 18.2 Å². The van der Waals surface area contributed by atoms with Crippen LogP contribution >= 0.6 is 0 Å². The average Bonchev–Trinajstić information content (AvgIpc) is 2.55. The van der Waals surface area contributed by atoms with E-state index in [1.54, 1.807) is 19.2 Å². The van der Waals surface area contributed by atoms with Crippen LogP contribution in [-0.4, -0.2) is 25.7 Å². The van der Waals surface area contributed by atoms with Gasteiger partial charge in [-0.15, -0.1) is 0 Å². The molecule has 1 N–H and O–H groups in total. The van der Waals surface area contributed by atoms with Crippen LogP contribution in [-0.2, 0) is 11.4 Å². The Morgan fingerprint density at radius 1 is 1.23 bits per heavy atom. The molecule has 0 aliphatic heterocycles. The van der Waals surface area contributed by atoms with E-state index in [1.807, 2.05) is 6.07 Å². The highest BCUT2D eigenvalue weighted by molar-refractivity contribution is 5.43. The molecule has 5 nitrogen and oxygen atoms in total. The molecule has 0 aromatic heterocycles. The molecule has 1 aromatic rings. The van der Waals surface area contributed by atoms with Crippen LogP contribution in [0.5, 0.6) is 5.75 Å². The molecule has 0 bridgehead atoms. The first kappa shape index (κ1) is 16.7. The molecule has 1 fully saturated rings. The van der Waals surface area contributed by atoms with Gasteiger partial charge >= 0.3 is 5.69 Å². The second-order valence-corrected chi connectivity index (χ2v) is 6.19. The van der Waals surface area contributed by atoms with E-state index in [-0.39, 0.29) is 0 Å². The Kier molecular flexibility index (Phi) is 6.19. The largest absolute Gasteiger partial charge is 0.496 e. The maximum absolute atomic E-state index is 11.6. The second-order valence-electron chi connectivity index (χ2n) is 6.19. The van der Waals surface area contributed by atoms with E-state index in [4.69, 9.17) is 9.57 Å². The lowest BCUT2D eigenvalue weighted by Crippen LogP contribution is -2.25. The number of hydrogen-bond donors (Lipinski definition) is 1. The molecule has 0 spiro atoms. The Balaban J connectivity index is 1.91. The average molecular weight is 307 g/mol. The van der Waals surface area contributed by atoms with Crippen molar-refractivity contribution in [3.05, 3.63) is 28.7 Å². The van der Waals surface area contributed by atoms with Gasteiger partial charge in [0.05, 0.1) is 12.0 Å². The predicted molar refractivity (Wildman–Crippen MR) is 86.1 cm³/mol. The summed E-state index contributed by atoms with van der Waals surface area (Å²) < 4.78 is 5.37. The third kappa shape index (κ3) is 4.44. The topological polar surface area (TPSA) is 50.6 Å². The van der Waals surface area contributed by atoms with Crippen molar-refractivity contribution in [3.8, 4) is 5.75 Å². The van der Waals surface area contributed by atoms with Gasteiger partial charge in [0.1, 0.15) is 5.75 Å². The van der Waals surface area contributed by atoms with Crippen molar-refractivity contribution in [1.82, 2.24) is 5.32 Å². The second kappa shape index (κ2) is 8.13. The molecule has 1 aliphatic rings. The van der Waals surface area contributed by atoms with Gasteiger partial charge < -0.3 is 10.1 Å². The van der Waals surface area contributed by atoms with Crippen molar-refractivity contribution in [2.24, 2.45) is 11.8 Å². The summed E-state index contributed by atoms with van der Waals surface area (Å²) in [5.41, 5.74) is 1.45. The van der Waals surface area contributed by atoms with Crippen molar-refractivity contribution in [3.63, 3.8) is 0 Å². The summed E-state index contributed by atoms with van der Waals surface area (Å²) in [5, 5.41) is 3.50. The Hall–Kier alpha value is -1.62. The van der Waals surface area contributed by atoms with Crippen molar-refractivity contribution < 1.29 is 14.5 Å². The summed E-state index contributed by atoms with van der Waals surface area (Å²) in [7, 11) is 3.01. The third-order valence-electron chi connectivity index (χ3n) is 4.52. The minimum atomic E-state index is 0.478. The molecule has 122 valence electrons. The molecule has 0 radical (unpaired) electrons. The fourth-order valence-corrected chi connectivity index (χ4v) is 3.07. The molecular weight excluding hydrogens is 280 g/mol. The van der Waals surface area contributed by atoms with E-state index in [0.717, 1.165) is 29.7 Å². The van der Waals surface area contributed by atoms with E-state index >= 15 is 0 Å². The molecule has 0 unspecified atom stereocenters. The van der Waals surface area contributed by atoms with Gasteiger partial charge in [0.2, 0.25) is 0 Å². The summed E-state index contributed by atoms with van der Waals surface area (Å²) >= 11 is 0. The van der Waals surface area contributed by atoms with Gasteiger partial charge in [-0.1, -0.05) is 19.8 Å². The Morgan fingerprint density at radius 3 is 2.59 bits per heavy atom. The minimum Gasteiger partial charge on any atom is -0.496 e. The first-order valence-corrected chi connectivity index (χ1v) is 8.03. The molecule has 0 atom stereocenters. The van der Waals surface area contributed by atoms with Gasteiger partial charge in [0.15, 0.2) is 7.11 Å². The van der Waals surface area contributed by atoms with Crippen LogP contribution in [0.3, 0.4) is 0 Å². The third-order valence-corrected chi connectivity index (χ3v) is 4.52. The molecular formula is C17H27N2O3+. The molecule has 22 heavy (non-hydrogen) atoms. The number of methoxy groups -OCH3 is 1. The lowest BCUT2D eigenvalue weighted by Gasteiger charge is -2.26. The first-order chi connectivity index (χ1) is 10.6. The van der Waals surface area contributed by atoms with Crippen LogP contribution in [0, 0.1) is 16.7 Å². The van der Waals surface area contributed by atoms with Gasteiger partial charge in [0, 0.05) is 24.2 Å². The van der Waals surface area contributed by atoms with E-state index in [2.05, 4.69) is 12.2 Å². The molecule has 1 aliphatic carbocycles. The molecule has 2 rings (SSSR count). The van der Waals surface area contributed by atoms with E-state index < -0.39 is 0 Å². The maximum Gasteiger partial charge on any atom is 0.317 e. The summed E-state index contributed by atoms with van der Waals surface area (Å²) in [6, 6.07) is 5.31. The highest BCUT2D eigenvalue weighted by Crippen LogP contribution is 2.28. The van der Waals surface area contributed by atoms with Crippen LogP contribution in [0.1, 0.15) is 38.2 Å². The van der Waals surface area contributed by atoms with E-state index in [0.29, 0.717) is 17.2 Å². The van der Waals surface area contributed by atoms with Gasteiger partial charge in [-0.2, -0.15) is 0 Å². The maximum atomic E-state index is 11.6. The zero-order valence-electron chi connectivity index (χ0n) is 13.8. The van der Waals surface area contributed by atoms with Gasteiger partial charge in [-0.25, -0.2) is 4.84 Å². The van der Waals surface area contributed by atoms with Crippen molar-refractivity contribution >= 4 is 5.69 Å². The fraction of sp³-hybridized carbons (Fsp3) is 0.647. The summed E-state index contributed by atoms with van der Waals surface area (Å²) in [5.74, 6) is 2.43. The number of nitrogens with zero attached hydrogens (tertiary/aromatic N) is 1. The first-order valence-electron chi connectivity index (χ1n) is 8.03. The van der Waals surface area contributed by atoms with Crippen molar-refractivity contribution in [2.75, 3.05) is 20.8 Å². The number of hydrogen-bond acceptors (Lipinski definition) is 4. The Bertz CT molecular complexity index is 497. The van der Waals surface area contributed by atoms with E-state index in [9.17, 15) is 4.91 Å². The number of nitrogens with one attached hydrogen (secondary N) is 1. The lowest BCUT2D eigenvalue weighted by atomic mass is 9.83. The molecule has 5 heteroatoms. The van der Waals surface area contributed by atoms with E-state index in [1.165, 1.54) is 32.8 Å². The number of rotatable bonds is 7. The summed E-state index contributed by atoms with van der Waals surface area (Å²) in [4.78, 5) is 16.7. The molecule has 0 amide bonds. The van der Waals surface area contributed by atoms with Gasteiger partial charge in [0.25, 0.3) is 4.92 Å². The Labute approximate surface area is 132 Å². The van der Waals surface area contributed by atoms with Crippen LogP contribution in [0.25, 0.3) is 0 Å². The molecule has 1 saturated carbocycles. The van der Waals surface area contributed by atoms with Crippen molar-refractivity contribution in [2.45, 2.75) is 39.2 Å². The lowest BCUT2D eigenvalue weighted by molar-refractivity contribution is -0.736. The van der Waals surface area contributed by atoms with Crippen LogP contribution in [0.4, 0.5) is 5.69 Å². The minimum absolute atomic E-state index is 0.478. The summed E-state index contributed by atoms with van der Waals surface area (Å²) in [6.45, 7) is 4.05. The van der Waals surface area contributed by atoms with Crippen LogP contribution in [0.2, 0.25) is 0 Å². The van der Waals surface area contributed by atoms with Gasteiger partial charge in [-0.3, -0.25) is 0 Å². The molecule has 0 heterocycles. The normalized spacial score (nSPS) is 21.4. The zero-order chi connectivity index (χ0) is 15.9. The SMILES string of the molecule is COc1ccc([N+](=O)OC)cc1CNCC1CCC(C)CC1. The van der Waals surface area contributed by atoms with Crippen molar-refractivity contribution in [1.29, 1.82) is 0 Å². The summed E-state index contributed by atoms with van der Waals surface area (Å²) in [6.07, 6.45) is 5.29. The Morgan fingerprint density at radius 2 is 1.95 bits per heavy atom. The molecule has 1 aromatic carbocycles. The standard InChI is InChI=1S/C17H27N2O3/c1-13-4-6-14(7-5-13)11-18-12-15-10-16(19(20)22-3)8-9-17(15)21-2/h8-10,13-14,18H,4-7,11-12H2,1-3H3/q+1. The van der Waals surface area contributed by atoms with Crippen LogP contribution < -0.4 is 10.1 Å². The number of ether oxygens (including phenoxy) is 1. The monoisotopic (exact) mass is 307 g/mol. The fourth-order valence-electron chi connectivity index (χ4n) is 3.07. The highest BCUT2D eigenvalue weighted by atomic mass is 16.8. The number of benzene rings is 1. The zero-order valence-corrected chi connectivity index (χ0v) is 13.8. The highest BCUT2D eigenvalue weighted by Gasteiger charge is 2.19. The van der Waals surface area contributed by atoms with Gasteiger partial charge in [-0.05, 0) is 37.3 Å². The smallest absolute Gasteiger partial charge is 0.317 e. The molecule has 0 saturated heterocycles.